The van der Waals surface area contributed by atoms with E-state index in [1.54, 1.807) is 24.3 Å². The molecule has 1 fully saturated rings. The lowest BCUT2D eigenvalue weighted by molar-refractivity contribution is -0.123. The first-order chi connectivity index (χ1) is 9.61. The van der Waals surface area contributed by atoms with Crippen LogP contribution in [-0.4, -0.2) is 30.1 Å². The third-order valence-electron chi connectivity index (χ3n) is 3.47. The van der Waals surface area contributed by atoms with Gasteiger partial charge in [0.05, 0.1) is 5.56 Å². The molecule has 0 radical (unpaired) electrons. The number of nitrogens with zero attached hydrogens (tertiary/aromatic N) is 1. The Balaban J connectivity index is 1.85. The molecule has 20 heavy (non-hydrogen) atoms. The lowest BCUT2D eigenvalue weighted by Crippen LogP contribution is -2.31. The third-order valence-corrected chi connectivity index (χ3v) is 3.47. The number of nitrogens with one attached hydrogen (secondary N) is 1. The molecule has 0 spiro atoms. The second kappa shape index (κ2) is 6.27. The van der Waals surface area contributed by atoms with Crippen molar-refractivity contribution in [3.8, 4) is 5.75 Å². The Kier molecular flexibility index (Phi) is 4.45. The average molecular weight is 277 g/mol. The van der Waals surface area contributed by atoms with Gasteiger partial charge in [-0.2, -0.15) is 0 Å². The maximum Gasteiger partial charge on any atom is 0.257 e. The van der Waals surface area contributed by atoms with Crippen LogP contribution in [-0.2, 0) is 4.79 Å². The molecule has 2 atom stereocenters. The monoisotopic (exact) mass is 277 g/mol. The van der Waals surface area contributed by atoms with Gasteiger partial charge in [-0.15, -0.1) is 0 Å². The van der Waals surface area contributed by atoms with Crippen molar-refractivity contribution >= 4 is 11.7 Å². The highest BCUT2D eigenvalue weighted by molar-refractivity contribution is 5.99. The SMILES string of the molecule is CC1CC1CNC(=O)COc1ccccc1/C(N)=N/O. The Morgan fingerprint density at radius 1 is 1.55 bits per heavy atom. The van der Waals surface area contributed by atoms with Gasteiger partial charge < -0.3 is 21.0 Å². The summed E-state index contributed by atoms with van der Waals surface area (Å²) in [6, 6.07) is 6.83. The van der Waals surface area contributed by atoms with E-state index in [4.69, 9.17) is 15.7 Å². The summed E-state index contributed by atoms with van der Waals surface area (Å²) in [5, 5.41) is 14.5. The molecule has 2 rings (SSSR count). The van der Waals surface area contributed by atoms with E-state index in [0.717, 1.165) is 0 Å². The molecular weight excluding hydrogens is 258 g/mol. The van der Waals surface area contributed by atoms with Crippen LogP contribution in [0.4, 0.5) is 0 Å². The number of rotatable bonds is 6. The molecule has 1 aromatic carbocycles. The molecule has 0 heterocycles. The minimum Gasteiger partial charge on any atom is -0.483 e. The predicted octanol–water partition coefficient (Wildman–Crippen LogP) is 0.932. The van der Waals surface area contributed by atoms with Crippen molar-refractivity contribution in [3.05, 3.63) is 29.8 Å². The Morgan fingerprint density at radius 2 is 2.25 bits per heavy atom. The van der Waals surface area contributed by atoms with Crippen LogP contribution in [0.25, 0.3) is 0 Å². The second-order valence-corrected chi connectivity index (χ2v) is 5.05. The van der Waals surface area contributed by atoms with Crippen LogP contribution in [0.2, 0.25) is 0 Å². The molecule has 2 unspecified atom stereocenters. The Hall–Kier alpha value is -2.24. The summed E-state index contributed by atoms with van der Waals surface area (Å²) >= 11 is 0. The van der Waals surface area contributed by atoms with Gasteiger partial charge in [0.1, 0.15) is 5.75 Å². The summed E-state index contributed by atoms with van der Waals surface area (Å²) in [5.41, 5.74) is 6.00. The fraction of sp³-hybridized carbons (Fsp3) is 0.429. The maximum absolute atomic E-state index is 11.7. The summed E-state index contributed by atoms with van der Waals surface area (Å²) in [6.07, 6.45) is 1.17. The maximum atomic E-state index is 11.7. The van der Waals surface area contributed by atoms with Crippen LogP contribution in [0.1, 0.15) is 18.9 Å². The van der Waals surface area contributed by atoms with Gasteiger partial charge in [-0.05, 0) is 30.4 Å². The van der Waals surface area contributed by atoms with Gasteiger partial charge in [0.25, 0.3) is 5.91 Å². The molecule has 0 bridgehead atoms. The van der Waals surface area contributed by atoms with Crippen molar-refractivity contribution in [2.24, 2.45) is 22.7 Å². The van der Waals surface area contributed by atoms with E-state index in [-0.39, 0.29) is 18.3 Å². The molecule has 1 saturated carbocycles. The van der Waals surface area contributed by atoms with Gasteiger partial charge in [-0.25, -0.2) is 0 Å². The summed E-state index contributed by atoms with van der Waals surface area (Å²) in [7, 11) is 0. The number of amidine groups is 1. The van der Waals surface area contributed by atoms with Crippen LogP contribution in [0.5, 0.6) is 5.75 Å². The topological polar surface area (TPSA) is 96.9 Å². The van der Waals surface area contributed by atoms with Crippen LogP contribution in [0.15, 0.2) is 29.4 Å². The molecule has 0 aromatic heterocycles. The average Bonchev–Trinajstić information content (AvgIpc) is 3.18. The molecule has 1 aromatic rings. The van der Waals surface area contributed by atoms with Gasteiger partial charge in [-0.3, -0.25) is 4.79 Å². The van der Waals surface area contributed by atoms with Crippen molar-refractivity contribution in [2.45, 2.75) is 13.3 Å². The van der Waals surface area contributed by atoms with Crippen LogP contribution < -0.4 is 15.8 Å². The van der Waals surface area contributed by atoms with E-state index < -0.39 is 0 Å². The molecular formula is C14H19N3O3. The number of para-hydroxylation sites is 1. The molecule has 6 heteroatoms. The Bertz CT molecular complexity index is 516. The molecule has 0 aliphatic heterocycles. The first-order valence-electron chi connectivity index (χ1n) is 6.58. The molecule has 108 valence electrons. The van der Waals surface area contributed by atoms with E-state index in [1.165, 1.54) is 6.42 Å². The number of ether oxygens (including phenoxy) is 1. The smallest absolute Gasteiger partial charge is 0.257 e. The van der Waals surface area contributed by atoms with E-state index in [1.807, 2.05) is 0 Å². The summed E-state index contributed by atoms with van der Waals surface area (Å²) in [6.45, 7) is 2.78. The quantitative estimate of drug-likeness (QED) is 0.312. The van der Waals surface area contributed by atoms with Crippen LogP contribution >= 0.6 is 0 Å². The largest absolute Gasteiger partial charge is 0.483 e. The lowest BCUT2D eigenvalue weighted by atomic mass is 10.2. The molecule has 1 aliphatic carbocycles. The fourth-order valence-corrected chi connectivity index (χ4v) is 1.98. The van der Waals surface area contributed by atoms with Crippen molar-refractivity contribution < 1.29 is 14.7 Å². The fourth-order valence-electron chi connectivity index (χ4n) is 1.98. The highest BCUT2D eigenvalue weighted by Crippen LogP contribution is 2.36. The summed E-state index contributed by atoms with van der Waals surface area (Å²) in [4.78, 5) is 11.7. The number of nitrogens with two attached hydrogens (primary N) is 1. The zero-order valence-electron chi connectivity index (χ0n) is 11.4. The summed E-state index contributed by atoms with van der Waals surface area (Å²) in [5.74, 6) is 1.50. The number of hydrogen-bond acceptors (Lipinski definition) is 4. The molecule has 1 amide bonds. The van der Waals surface area contributed by atoms with Crippen molar-refractivity contribution in [1.29, 1.82) is 0 Å². The highest BCUT2D eigenvalue weighted by atomic mass is 16.5. The first kappa shape index (κ1) is 14.2. The minimum atomic E-state index is -0.168. The molecule has 1 aliphatic rings. The molecule has 6 nitrogen and oxygen atoms in total. The van der Waals surface area contributed by atoms with E-state index >= 15 is 0 Å². The first-order valence-corrected chi connectivity index (χ1v) is 6.58. The number of hydrogen-bond donors (Lipinski definition) is 3. The number of carbonyl (C=O) groups is 1. The number of amides is 1. The van der Waals surface area contributed by atoms with Gasteiger partial charge >= 0.3 is 0 Å². The normalized spacial score (nSPS) is 21.4. The van der Waals surface area contributed by atoms with Crippen LogP contribution in [0.3, 0.4) is 0 Å². The van der Waals surface area contributed by atoms with Gasteiger partial charge in [-0.1, -0.05) is 24.2 Å². The van der Waals surface area contributed by atoms with E-state index in [9.17, 15) is 4.79 Å². The van der Waals surface area contributed by atoms with Gasteiger partial charge in [0, 0.05) is 6.54 Å². The van der Waals surface area contributed by atoms with Crippen LogP contribution in [0, 0.1) is 11.8 Å². The number of oxime groups is 1. The number of carbonyl (C=O) groups excluding carboxylic acids is 1. The Labute approximate surface area is 117 Å². The standard InChI is InChI=1S/C14H19N3O3/c1-9-6-10(9)7-16-13(18)8-20-12-5-3-2-4-11(12)14(15)17-19/h2-5,9-10,19H,6-8H2,1H3,(H2,15,17)(H,16,18). The lowest BCUT2D eigenvalue weighted by Gasteiger charge is -2.10. The minimum absolute atomic E-state index is 0.0483. The van der Waals surface area contributed by atoms with Crippen molar-refractivity contribution in [1.82, 2.24) is 5.32 Å². The molecule has 0 saturated heterocycles. The summed E-state index contributed by atoms with van der Waals surface area (Å²) < 4.78 is 5.42. The second-order valence-electron chi connectivity index (χ2n) is 5.05. The van der Waals surface area contributed by atoms with Crippen molar-refractivity contribution in [3.63, 3.8) is 0 Å². The highest BCUT2D eigenvalue weighted by Gasteiger charge is 2.32. The zero-order valence-corrected chi connectivity index (χ0v) is 11.4. The van der Waals surface area contributed by atoms with Gasteiger partial charge in [0.2, 0.25) is 0 Å². The Morgan fingerprint density at radius 3 is 2.90 bits per heavy atom. The predicted molar refractivity (Wildman–Crippen MR) is 74.7 cm³/mol. The van der Waals surface area contributed by atoms with Crippen molar-refractivity contribution in [2.75, 3.05) is 13.2 Å². The van der Waals surface area contributed by atoms with Gasteiger partial charge in [0.15, 0.2) is 12.4 Å². The zero-order chi connectivity index (χ0) is 14.5. The molecule has 4 N–H and O–H groups in total. The van der Waals surface area contributed by atoms with E-state index in [0.29, 0.717) is 29.7 Å². The number of benzene rings is 1. The third kappa shape index (κ3) is 3.63. The van der Waals surface area contributed by atoms with E-state index in [2.05, 4.69) is 17.4 Å².